The smallest absolute Gasteiger partial charge is 0.300 e. The summed E-state index contributed by atoms with van der Waals surface area (Å²) in [5.74, 6) is -0.208. The van der Waals surface area contributed by atoms with Crippen molar-refractivity contribution < 1.29 is 18.0 Å². The molecular weight excluding hydrogens is 528 g/mol. The predicted octanol–water partition coefficient (Wildman–Crippen LogP) is 3.55. The van der Waals surface area contributed by atoms with Crippen molar-refractivity contribution >= 4 is 33.4 Å². The lowest BCUT2D eigenvalue weighted by Gasteiger charge is -2.33. The molecule has 2 aromatic carbocycles. The van der Waals surface area contributed by atoms with E-state index in [1.807, 2.05) is 24.3 Å². The molecule has 1 aliphatic carbocycles. The maximum atomic E-state index is 14.0. The molecule has 206 valence electrons. The van der Waals surface area contributed by atoms with E-state index in [0.29, 0.717) is 30.1 Å². The summed E-state index contributed by atoms with van der Waals surface area (Å²) in [5, 5.41) is 10.1. The van der Waals surface area contributed by atoms with Gasteiger partial charge in [0.25, 0.3) is 5.91 Å². The summed E-state index contributed by atoms with van der Waals surface area (Å²) < 4.78 is 28.3. The van der Waals surface area contributed by atoms with Crippen molar-refractivity contribution in [2.45, 2.75) is 38.1 Å². The van der Waals surface area contributed by atoms with Crippen LogP contribution >= 0.6 is 0 Å². The van der Waals surface area contributed by atoms with Crippen molar-refractivity contribution in [3.05, 3.63) is 95.3 Å². The molecule has 0 spiro atoms. The van der Waals surface area contributed by atoms with E-state index in [1.54, 1.807) is 29.2 Å². The number of rotatable bonds is 8. The van der Waals surface area contributed by atoms with E-state index in [1.165, 1.54) is 22.5 Å². The minimum Gasteiger partial charge on any atom is -0.338 e. The van der Waals surface area contributed by atoms with Crippen LogP contribution in [-0.2, 0) is 16.8 Å². The number of anilines is 1. The summed E-state index contributed by atoms with van der Waals surface area (Å²) in [7, 11) is -4.37. The summed E-state index contributed by atoms with van der Waals surface area (Å²) >= 11 is 0. The number of piperidine rings is 1. The van der Waals surface area contributed by atoms with Crippen LogP contribution in [0.2, 0.25) is 0 Å². The molecule has 10 nitrogen and oxygen atoms in total. The van der Waals surface area contributed by atoms with Gasteiger partial charge in [-0.1, -0.05) is 60.7 Å². The van der Waals surface area contributed by atoms with Gasteiger partial charge in [0.1, 0.15) is 5.56 Å². The summed E-state index contributed by atoms with van der Waals surface area (Å²) in [5.41, 5.74) is 2.48. The van der Waals surface area contributed by atoms with Gasteiger partial charge in [-0.3, -0.25) is 9.59 Å². The molecule has 0 atom stereocenters. The third kappa shape index (κ3) is 5.09. The van der Waals surface area contributed by atoms with Gasteiger partial charge in [0.05, 0.1) is 18.3 Å². The number of nitrogens with two attached hydrogens (primary N) is 1. The van der Waals surface area contributed by atoms with Crippen LogP contribution in [0.1, 0.15) is 63.4 Å². The van der Waals surface area contributed by atoms with E-state index in [-0.39, 0.29) is 41.2 Å². The van der Waals surface area contributed by atoms with Crippen LogP contribution in [0, 0.1) is 5.92 Å². The molecule has 0 unspecified atom stereocenters. The highest BCUT2D eigenvalue weighted by Crippen LogP contribution is 2.35. The van der Waals surface area contributed by atoms with Crippen molar-refractivity contribution in [1.29, 1.82) is 0 Å². The number of likely N-dealkylation sites (tertiary alicyclic amines) is 1. The number of carbonyl (C=O) groups excluding carboxylic acids is 2. The van der Waals surface area contributed by atoms with Crippen LogP contribution in [0.25, 0.3) is 5.65 Å². The first-order chi connectivity index (χ1) is 19.3. The molecular formula is C29H30N6O4S. The summed E-state index contributed by atoms with van der Waals surface area (Å²) in [6.07, 6.45) is 5.92. The molecule has 2 aliphatic rings. The van der Waals surface area contributed by atoms with Crippen LogP contribution < -0.4 is 9.44 Å². The lowest BCUT2D eigenvalue weighted by atomic mass is 9.89. The Bertz CT molecular complexity index is 1660. The Morgan fingerprint density at radius 3 is 2.17 bits per heavy atom. The van der Waals surface area contributed by atoms with E-state index in [0.717, 1.165) is 30.0 Å². The second-order valence-corrected chi connectivity index (χ2v) is 11.9. The maximum Gasteiger partial charge on any atom is 0.300 e. The zero-order valence-corrected chi connectivity index (χ0v) is 22.7. The maximum absolute atomic E-state index is 14.0. The molecule has 2 N–H and O–H groups in total. The molecule has 0 radical (unpaired) electrons. The Morgan fingerprint density at radius 1 is 0.900 bits per heavy atom. The van der Waals surface area contributed by atoms with Gasteiger partial charge in [-0.05, 0) is 42.7 Å². The molecule has 3 heterocycles. The average molecular weight is 559 g/mol. The molecule has 40 heavy (non-hydrogen) atoms. The zero-order valence-electron chi connectivity index (χ0n) is 21.9. The van der Waals surface area contributed by atoms with E-state index in [2.05, 4.69) is 22.2 Å². The largest absolute Gasteiger partial charge is 0.338 e. The van der Waals surface area contributed by atoms with Crippen LogP contribution in [-0.4, -0.2) is 52.7 Å². The average Bonchev–Trinajstić information content (AvgIpc) is 3.74. The Labute approximate surface area is 232 Å². The normalized spacial score (nSPS) is 16.3. The van der Waals surface area contributed by atoms with E-state index in [9.17, 15) is 18.0 Å². The molecule has 4 aromatic rings. The van der Waals surface area contributed by atoms with Gasteiger partial charge in [0.2, 0.25) is 0 Å². The molecule has 6 rings (SSSR count). The minimum atomic E-state index is -4.37. The quantitative estimate of drug-likeness (QED) is 0.329. The van der Waals surface area contributed by atoms with Crippen LogP contribution in [0.15, 0.2) is 73.1 Å². The molecule has 2 aromatic heterocycles. The minimum absolute atomic E-state index is 0.0265. The number of hydrogen-bond acceptors (Lipinski definition) is 6. The lowest BCUT2D eigenvalue weighted by molar-refractivity contribution is 0.0712. The molecule has 1 saturated heterocycles. The Morgan fingerprint density at radius 2 is 1.55 bits per heavy atom. The molecule has 1 aliphatic heterocycles. The number of aromatic nitrogens is 3. The highest BCUT2D eigenvalue weighted by atomic mass is 32.2. The number of hydrogen-bond donors (Lipinski definition) is 1. The standard InChI is InChI=1S/C29H30N6O4S/c30-40(38,39)34(19-20-7-3-1-4-8-20)28-25(17-31-27-24(18-32-35(27)28)26(36)23-11-12-23)29(37)33-15-13-22(14-16-33)21-9-5-2-6-10-21/h1-10,17-18,22-23H,11-16,19H2,(H2,30,38,39). The zero-order chi connectivity index (χ0) is 27.9. The Kier molecular flexibility index (Phi) is 6.85. The summed E-state index contributed by atoms with van der Waals surface area (Å²) in [6, 6.07) is 19.2. The molecule has 1 amide bonds. The van der Waals surface area contributed by atoms with Crippen LogP contribution in [0.3, 0.4) is 0 Å². The Balaban J connectivity index is 1.40. The fourth-order valence-electron chi connectivity index (χ4n) is 5.39. The number of carbonyl (C=O) groups is 2. The fraction of sp³-hybridized carbons (Fsp3) is 0.310. The highest BCUT2D eigenvalue weighted by molar-refractivity contribution is 7.90. The van der Waals surface area contributed by atoms with Gasteiger partial charge in [-0.25, -0.2) is 14.4 Å². The second-order valence-electron chi connectivity index (χ2n) is 10.4. The Hall–Kier alpha value is -4.09. The van der Waals surface area contributed by atoms with Gasteiger partial charge < -0.3 is 4.90 Å². The van der Waals surface area contributed by atoms with Gasteiger partial charge in [0, 0.05) is 25.2 Å². The third-order valence-corrected chi connectivity index (χ3v) is 8.63. The molecule has 11 heteroatoms. The van der Waals surface area contributed by atoms with Gasteiger partial charge >= 0.3 is 10.2 Å². The molecule has 2 fully saturated rings. The van der Waals surface area contributed by atoms with Crippen molar-refractivity contribution in [3.63, 3.8) is 0 Å². The van der Waals surface area contributed by atoms with Crippen molar-refractivity contribution in [2.24, 2.45) is 11.1 Å². The number of benzene rings is 2. The van der Waals surface area contributed by atoms with Crippen molar-refractivity contribution in [2.75, 3.05) is 17.4 Å². The van der Waals surface area contributed by atoms with E-state index >= 15 is 0 Å². The first-order valence-corrected chi connectivity index (χ1v) is 14.9. The first-order valence-electron chi connectivity index (χ1n) is 13.4. The summed E-state index contributed by atoms with van der Waals surface area (Å²) in [4.78, 5) is 33.1. The lowest BCUT2D eigenvalue weighted by Crippen LogP contribution is -2.42. The van der Waals surface area contributed by atoms with E-state index in [4.69, 9.17) is 5.14 Å². The van der Waals surface area contributed by atoms with Gasteiger partial charge in [-0.15, -0.1) is 0 Å². The topological polar surface area (TPSA) is 131 Å². The van der Waals surface area contributed by atoms with Crippen LogP contribution in [0.5, 0.6) is 0 Å². The second kappa shape index (κ2) is 10.5. The third-order valence-electron chi connectivity index (χ3n) is 7.71. The number of nitrogens with zero attached hydrogens (tertiary/aromatic N) is 5. The number of ketones is 1. The molecule has 1 saturated carbocycles. The van der Waals surface area contributed by atoms with Gasteiger partial charge in [-0.2, -0.15) is 18.0 Å². The number of amides is 1. The van der Waals surface area contributed by atoms with Crippen molar-refractivity contribution in [3.8, 4) is 0 Å². The van der Waals surface area contributed by atoms with Crippen LogP contribution in [0.4, 0.5) is 5.82 Å². The monoisotopic (exact) mass is 558 g/mol. The number of Topliss-reactive ketones (excluding diaryl/α,β-unsaturated/α-hetero) is 1. The summed E-state index contributed by atoms with van der Waals surface area (Å²) in [6.45, 7) is 0.893. The highest BCUT2D eigenvalue weighted by Gasteiger charge is 2.36. The van der Waals surface area contributed by atoms with E-state index < -0.39 is 10.2 Å². The number of fused-ring (bicyclic) bond motifs is 1. The fourth-order valence-corrected chi connectivity index (χ4v) is 6.14. The first kappa shape index (κ1) is 26.1. The van der Waals surface area contributed by atoms with Crippen molar-refractivity contribution in [1.82, 2.24) is 19.5 Å². The predicted molar refractivity (Wildman–Crippen MR) is 150 cm³/mol. The molecule has 0 bridgehead atoms. The SMILES string of the molecule is NS(=O)(=O)N(Cc1ccccc1)c1c(C(=O)N2CCC(c3ccccc3)CC2)cnc2c(C(=O)C3CC3)cnn12. The van der Waals surface area contributed by atoms with Gasteiger partial charge in [0.15, 0.2) is 17.2 Å².